The first kappa shape index (κ1) is 10.9. The fourth-order valence-corrected chi connectivity index (χ4v) is 2.65. The van der Waals surface area contributed by atoms with Crippen molar-refractivity contribution in [1.82, 2.24) is 8.75 Å². The summed E-state index contributed by atoms with van der Waals surface area (Å²) in [5.74, 6) is 0.779. The van der Waals surface area contributed by atoms with Gasteiger partial charge in [-0.05, 0) is 29.9 Å². The van der Waals surface area contributed by atoms with E-state index in [0.717, 1.165) is 17.2 Å². The van der Waals surface area contributed by atoms with Crippen LogP contribution in [0.1, 0.15) is 48.0 Å². The molecule has 1 aliphatic rings. The molecule has 0 saturated heterocycles. The average molecular weight is 245 g/mol. The van der Waals surface area contributed by atoms with Crippen LogP contribution in [-0.4, -0.2) is 8.75 Å². The zero-order valence-electron chi connectivity index (χ0n) is 9.54. The van der Waals surface area contributed by atoms with E-state index in [1.54, 1.807) is 6.20 Å². The molecule has 0 bridgehead atoms. The Balaban J connectivity index is 1.79. The topological polar surface area (TPSA) is 51.8 Å². The van der Waals surface area contributed by atoms with E-state index >= 15 is 0 Å². The van der Waals surface area contributed by atoms with Crippen LogP contribution >= 0.6 is 11.7 Å². The molecule has 1 aromatic carbocycles. The maximum atomic E-state index is 6.14. The molecule has 88 valence electrons. The van der Waals surface area contributed by atoms with E-state index in [1.165, 1.54) is 36.6 Å². The Morgan fingerprint density at radius 1 is 1.24 bits per heavy atom. The van der Waals surface area contributed by atoms with Crippen LogP contribution in [0.3, 0.4) is 0 Å². The number of rotatable bonds is 3. The summed E-state index contributed by atoms with van der Waals surface area (Å²) in [6.45, 7) is 0. The summed E-state index contributed by atoms with van der Waals surface area (Å²) >= 11 is 1.20. The zero-order valence-corrected chi connectivity index (χ0v) is 10.4. The summed E-state index contributed by atoms with van der Waals surface area (Å²) in [5, 5.41) is 0. The smallest absolute Gasteiger partial charge is 0.0955 e. The Kier molecular flexibility index (Phi) is 2.91. The highest BCUT2D eigenvalue weighted by Gasteiger charge is 2.19. The Morgan fingerprint density at radius 2 is 2.00 bits per heavy atom. The summed E-state index contributed by atoms with van der Waals surface area (Å²) in [6, 6.07) is 8.51. The van der Waals surface area contributed by atoms with E-state index in [-0.39, 0.29) is 6.04 Å². The molecule has 1 saturated carbocycles. The van der Waals surface area contributed by atoms with Crippen molar-refractivity contribution in [3.8, 4) is 0 Å². The predicted octanol–water partition coefficient (Wildman–Crippen LogP) is 2.85. The second-order valence-corrected chi connectivity index (χ2v) is 5.16. The minimum Gasteiger partial charge on any atom is -0.319 e. The van der Waals surface area contributed by atoms with Crippen LogP contribution < -0.4 is 5.73 Å². The van der Waals surface area contributed by atoms with E-state index in [1.807, 2.05) is 0 Å². The lowest BCUT2D eigenvalue weighted by Gasteiger charge is -2.26. The molecule has 1 aromatic heterocycles. The molecular weight excluding hydrogens is 230 g/mol. The van der Waals surface area contributed by atoms with Crippen molar-refractivity contribution >= 4 is 11.7 Å². The molecule has 3 rings (SSSR count). The van der Waals surface area contributed by atoms with Crippen molar-refractivity contribution in [2.75, 3.05) is 0 Å². The monoisotopic (exact) mass is 245 g/mol. The third-order valence-corrected chi connectivity index (χ3v) is 4.06. The minimum absolute atomic E-state index is 0.149. The van der Waals surface area contributed by atoms with Crippen LogP contribution in [0.4, 0.5) is 0 Å². The molecule has 1 heterocycles. The molecule has 0 radical (unpaired) electrons. The maximum absolute atomic E-state index is 6.14. The summed E-state index contributed by atoms with van der Waals surface area (Å²) in [7, 11) is 0. The van der Waals surface area contributed by atoms with Crippen molar-refractivity contribution in [3.05, 3.63) is 47.3 Å². The highest BCUT2D eigenvalue weighted by molar-refractivity contribution is 6.99. The first-order valence-electron chi connectivity index (χ1n) is 5.97. The molecular formula is C13H15N3S. The van der Waals surface area contributed by atoms with Gasteiger partial charge in [-0.25, -0.2) is 0 Å². The van der Waals surface area contributed by atoms with Crippen molar-refractivity contribution in [2.24, 2.45) is 5.73 Å². The lowest BCUT2D eigenvalue weighted by molar-refractivity contribution is 0.419. The average Bonchev–Trinajstić information content (AvgIpc) is 2.80. The van der Waals surface area contributed by atoms with Gasteiger partial charge in [0.05, 0.1) is 29.7 Å². The van der Waals surface area contributed by atoms with Gasteiger partial charge >= 0.3 is 0 Å². The molecule has 1 fully saturated rings. The zero-order chi connectivity index (χ0) is 11.7. The van der Waals surface area contributed by atoms with Gasteiger partial charge in [-0.15, -0.1) is 0 Å². The summed E-state index contributed by atoms with van der Waals surface area (Å²) < 4.78 is 8.17. The molecule has 0 spiro atoms. The normalized spacial score (nSPS) is 17.7. The number of nitrogens with zero attached hydrogens (tertiary/aromatic N) is 2. The van der Waals surface area contributed by atoms with Gasteiger partial charge in [0.1, 0.15) is 0 Å². The van der Waals surface area contributed by atoms with Crippen LogP contribution in [0, 0.1) is 0 Å². The molecule has 2 aromatic rings. The fraction of sp³-hybridized carbons (Fsp3) is 0.385. The van der Waals surface area contributed by atoms with Gasteiger partial charge in [-0.1, -0.05) is 30.7 Å². The van der Waals surface area contributed by atoms with Crippen LogP contribution in [0.15, 0.2) is 30.5 Å². The van der Waals surface area contributed by atoms with Crippen LogP contribution in [-0.2, 0) is 0 Å². The van der Waals surface area contributed by atoms with E-state index in [9.17, 15) is 0 Å². The number of aromatic nitrogens is 2. The van der Waals surface area contributed by atoms with Crippen molar-refractivity contribution in [1.29, 1.82) is 0 Å². The molecule has 4 heteroatoms. The number of benzene rings is 1. The van der Waals surface area contributed by atoms with Gasteiger partial charge in [0, 0.05) is 0 Å². The first-order valence-corrected chi connectivity index (χ1v) is 6.70. The Morgan fingerprint density at radius 3 is 2.53 bits per heavy atom. The van der Waals surface area contributed by atoms with Gasteiger partial charge in [0.25, 0.3) is 0 Å². The van der Waals surface area contributed by atoms with Crippen LogP contribution in [0.2, 0.25) is 0 Å². The highest BCUT2D eigenvalue weighted by atomic mass is 32.1. The number of nitrogens with two attached hydrogens (primary N) is 1. The second-order valence-electron chi connectivity index (χ2n) is 4.60. The van der Waals surface area contributed by atoms with Crippen LogP contribution in [0.5, 0.6) is 0 Å². The minimum atomic E-state index is -0.149. The molecule has 0 aliphatic heterocycles. The van der Waals surface area contributed by atoms with E-state index in [2.05, 4.69) is 33.0 Å². The standard InChI is InChI=1S/C13H15N3S/c14-13(12-8-15-17-16-12)11-6-4-10(5-7-11)9-2-1-3-9/h4-9,13H,1-3,14H2. The van der Waals surface area contributed by atoms with Crippen molar-refractivity contribution in [3.63, 3.8) is 0 Å². The molecule has 0 amide bonds. The number of hydrogen-bond donors (Lipinski definition) is 1. The van der Waals surface area contributed by atoms with Crippen molar-refractivity contribution in [2.45, 2.75) is 31.2 Å². The molecule has 1 atom stereocenters. The third kappa shape index (κ3) is 2.10. The molecule has 3 nitrogen and oxygen atoms in total. The first-order chi connectivity index (χ1) is 8.34. The molecule has 2 N–H and O–H groups in total. The fourth-order valence-electron chi connectivity index (χ4n) is 2.20. The van der Waals surface area contributed by atoms with Gasteiger partial charge in [-0.2, -0.15) is 8.75 Å². The lowest BCUT2D eigenvalue weighted by atomic mass is 9.80. The number of hydrogen-bond acceptors (Lipinski definition) is 4. The predicted molar refractivity (Wildman–Crippen MR) is 69.0 cm³/mol. The molecule has 17 heavy (non-hydrogen) atoms. The molecule has 1 unspecified atom stereocenters. The Hall–Kier alpha value is -1.26. The van der Waals surface area contributed by atoms with E-state index in [0.29, 0.717) is 0 Å². The second kappa shape index (κ2) is 4.55. The highest BCUT2D eigenvalue weighted by Crippen LogP contribution is 2.36. The van der Waals surface area contributed by atoms with E-state index < -0.39 is 0 Å². The van der Waals surface area contributed by atoms with Gasteiger partial charge in [0.2, 0.25) is 0 Å². The SMILES string of the molecule is NC(c1ccc(C2CCC2)cc1)c1cnsn1. The summed E-state index contributed by atoms with van der Waals surface area (Å²) in [6.07, 6.45) is 5.79. The Labute approximate surface area is 105 Å². The van der Waals surface area contributed by atoms with Gasteiger partial charge in [0.15, 0.2) is 0 Å². The van der Waals surface area contributed by atoms with Crippen LogP contribution in [0.25, 0.3) is 0 Å². The largest absolute Gasteiger partial charge is 0.319 e. The summed E-state index contributed by atoms with van der Waals surface area (Å²) in [4.78, 5) is 0. The Bertz CT molecular complexity index is 474. The van der Waals surface area contributed by atoms with Crippen molar-refractivity contribution < 1.29 is 0 Å². The molecule has 1 aliphatic carbocycles. The quantitative estimate of drug-likeness (QED) is 0.904. The maximum Gasteiger partial charge on any atom is 0.0955 e. The lowest BCUT2D eigenvalue weighted by Crippen LogP contribution is -2.13. The third-order valence-electron chi connectivity index (χ3n) is 3.57. The summed E-state index contributed by atoms with van der Waals surface area (Å²) in [5.41, 5.74) is 9.55. The van der Waals surface area contributed by atoms with E-state index in [4.69, 9.17) is 5.73 Å². The van der Waals surface area contributed by atoms with Gasteiger partial charge < -0.3 is 5.73 Å². The van der Waals surface area contributed by atoms with Gasteiger partial charge in [-0.3, -0.25) is 0 Å².